The SMILES string of the molecule is CNc1nc2sccn2c1S(=O)(=O)N1CCC(N(C)C)C1. The maximum atomic E-state index is 13.0. The average Bonchev–Trinajstić information content (AvgIpc) is 3.12. The van der Waals surface area contributed by atoms with Gasteiger partial charge >= 0.3 is 0 Å². The van der Waals surface area contributed by atoms with E-state index in [4.69, 9.17) is 0 Å². The largest absolute Gasteiger partial charge is 0.371 e. The van der Waals surface area contributed by atoms with Gasteiger partial charge in [0, 0.05) is 37.8 Å². The molecule has 0 amide bonds. The van der Waals surface area contributed by atoms with Gasteiger partial charge in [-0.1, -0.05) is 0 Å². The molecule has 2 aromatic heterocycles. The van der Waals surface area contributed by atoms with Gasteiger partial charge in [-0.25, -0.2) is 13.4 Å². The van der Waals surface area contributed by atoms with Crippen LogP contribution in [0.4, 0.5) is 5.82 Å². The number of imidazole rings is 1. The van der Waals surface area contributed by atoms with Gasteiger partial charge in [-0.05, 0) is 20.5 Å². The predicted molar refractivity (Wildman–Crippen MR) is 83.5 cm³/mol. The van der Waals surface area contributed by atoms with Crippen molar-refractivity contribution in [2.75, 3.05) is 39.5 Å². The van der Waals surface area contributed by atoms with Crippen molar-refractivity contribution in [3.05, 3.63) is 11.6 Å². The molecule has 0 saturated carbocycles. The third-order valence-corrected chi connectivity index (χ3v) is 6.54. The normalized spacial score (nSPS) is 20.7. The highest BCUT2D eigenvalue weighted by atomic mass is 32.2. The zero-order valence-electron chi connectivity index (χ0n) is 12.3. The number of hydrogen-bond donors (Lipinski definition) is 1. The van der Waals surface area contributed by atoms with E-state index in [1.165, 1.54) is 11.3 Å². The summed E-state index contributed by atoms with van der Waals surface area (Å²) in [5.41, 5.74) is 0. The van der Waals surface area contributed by atoms with Crippen LogP contribution in [0.1, 0.15) is 6.42 Å². The molecule has 1 saturated heterocycles. The molecular weight excluding hydrogens is 310 g/mol. The Labute approximate surface area is 128 Å². The van der Waals surface area contributed by atoms with E-state index in [1.54, 1.807) is 22.0 Å². The lowest BCUT2D eigenvalue weighted by Crippen LogP contribution is -2.35. The standard InChI is InChI=1S/C12H19N5O2S2/c1-13-10-11(17-6-7-20-12(17)14-10)21(18,19)16-5-4-9(8-16)15(2)3/h6-7,9,13H,4-5,8H2,1-3H3. The molecule has 9 heteroatoms. The molecule has 0 bridgehead atoms. The molecule has 0 radical (unpaired) electrons. The molecule has 116 valence electrons. The molecule has 1 atom stereocenters. The molecule has 1 fully saturated rings. The van der Waals surface area contributed by atoms with Crippen molar-refractivity contribution < 1.29 is 8.42 Å². The molecule has 21 heavy (non-hydrogen) atoms. The Morgan fingerprint density at radius 1 is 1.48 bits per heavy atom. The molecule has 0 aliphatic carbocycles. The molecule has 1 aliphatic rings. The summed E-state index contributed by atoms with van der Waals surface area (Å²) in [7, 11) is 2.11. The van der Waals surface area contributed by atoms with Gasteiger partial charge in [0.15, 0.2) is 15.8 Å². The van der Waals surface area contributed by atoms with Crippen molar-refractivity contribution in [1.29, 1.82) is 0 Å². The summed E-state index contributed by atoms with van der Waals surface area (Å²) < 4.78 is 29.1. The van der Waals surface area contributed by atoms with E-state index in [0.717, 1.165) is 6.42 Å². The molecule has 1 aliphatic heterocycles. The van der Waals surface area contributed by atoms with Gasteiger partial charge in [0.1, 0.15) is 0 Å². The number of sulfonamides is 1. The highest BCUT2D eigenvalue weighted by molar-refractivity contribution is 7.89. The minimum absolute atomic E-state index is 0.237. The smallest absolute Gasteiger partial charge is 0.262 e. The average molecular weight is 329 g/mol. The van der Waals surface area contributed by atoms with Crippen molar-refractivity contribution in [3.63, 3.8) is 0 Å². The Bertz CT molecular complexity index is 749. The van der Waals surface area contributed by atoms with E-state index in [-0.39, 0.29) is 11.1 Å². The van der Waals surface area contributed by atoms with Gasteiger partial charge in [0.25, 0.3) is 10.0 Å². The molecule has 7 nitrogen and oxygen atoms in total. The van der Waals surface area contributed by atoms with E-state index in [0.29, 0.717) is 23.9 Å². The van der Waals surface area contributed by atoms with Gasteiger partial charge in [-0.3, -0.25) is 4.40 Å². The van der Waals surface area contributed by atoms with Crippen LogP contribution in [0.15, 0.2) is 16.6 Å². The highest BCUT2D eigenvalue weighted by Gasteiger charge is 2.37. The fourth-order valence-corrected chi connectivity index (χ4v) is 5.17. The number of rotatable bonds is 4. The maximum Gasteiger partial charge on any atom is 0.262 e. The second-order valence-electron chi connectivity index (χ2n) is 5.34. The fourth-order valence-electron chi connectivity index (χ4n) is 2.65. The molecular formula is C12H19N5O2S2. The van der Waals surface area contributed by atoms with E-state index in [2.05, 4.69) is 15.2 Å². The quantitative estimate of drug-likeness (QED) is 0.897. The number of fused-ring (bicyclic) bond motifs is 1. The minimum atomic E-state index is -3.55. The molecule has 0 spiro atoms. The third-order valence-electron chi connectivity index (χ3n) is 3.90. The van der Waals surface area contributed by atoms with Crippen LogP contribution in [0.2, 0.25) is 0 Å². The first-order valence-corrected chi connectivity index (χ1v) is 9.07. The van der Waals surface area contributed by atoms with Gasteiger partial charge in [-0.2, -0.15) is 4.31 Å². The number of nitrogens with one attached hydrogen (secondary N) is 1. The Balaban J connectivity index is 2.03. The van der Waals surface area contributed by atoms with Crippen LogP contribution in [-0.2, 0) is 10.0 Å². The summed E-state index contributed by atoms with van der Waals surface area (Å²) in [4.78, 5) is 7.09. The van der Waals surface area contributed by atoms with Crippen LogP contribution in [0, 0.1) is 0 Å². The van der Waals surface area contributed by atoms with Crippen LogP contribution in [-0.4, -0.2) is 67.3 Å². The summed E-state index contributed by atoms with van der Waals surface area (Å²) in [6.07, 6.45) is 2.60. The number of nitrogens with zero attached hydrogens (tertiary/aromatic N) is 4. The topological polar surface area (TPSA) is 70.0 Å². The lowest BCUT2D eigenvalue weighted by Gasteiger charge is -2.20. The number of likely N-dealkylation sites (N-methyl/N-ethyl adjacent to an activating group) is 1. The minimum Gasteiger partial charge on any atom is -0.371 e. The zero-order chi connectivity index (χ0) is 15.2. The fraction of sp³-hybridized carbons (Fsp3) is 0.583. The van der Waals surface area contributed by atoms with E-state index in [1.807, 2.05) is 19.5 Å². The highest BCUT2D eigenvalue weighted by Crippen LogP contribution is 2.30. The van der Waals surface area contributed by atoms with Crippen molar-refractivity contribution in [1.82, 2.24) is 18.6 Å². The summed E-state index contributed by atoms with van der Waals surface area (Å²) in [6.45, 7) is 1.07. The van der Waals surface area contributed by atoms with Crippen LogP contribution in [0.25, 0.3) is 4.96 Å². The van der Waals surface area contributed by atoms with Crippen LogP contribution >= 0.6 is 11.3 Å². The maximum absolute atomic E-state index is 13.0. The number of hydrogen-bond acceptors (Lipinski definition) is 6. The molecule has 0 aromatic carbocycles. The van der Waals surface area contributed by atoms with E-state index >= 15 is 0 Å². The van der Waals surface area contributed by atoms with Crippen LogP contribution in [0.3, 0.4) is 0 Å². The van der Waals surface area contributed by atoms with Crippen molar-refractivity contribution in [2.24, 2.45) is 0 Å². The predicted octanol–water partition coefficient (Wildman–Crippen LogP) is 0.762. The number of anilines is 1. The first-order valence-electron chi connectivity index (χ1n) is 6.75. The Kier molecular flexibility index (Phi) is 3.68. The second kappa shape index (κ2) is 5.24. The van der Waals surface area contributed by atoms with Gasteiger partial charge in [-0.15, -0.1) is 11.3 Å². The van der Waals surface area contributed by atoms with Crippen LogP contribution < -0.4 is 5.32 Å². The molecule has 1 unspecified atom stereocenters. The first-order chi connectivity index (χ1) is 9.95. The van der Waals surface area contributed by atoms with Crippen molar-refractivity contribution >= 4 is 32.1 Å². The van der Waals surface area contributed by atoms with Gasteiger partial charge in [0.05, 0.1) is 0 Å². The second-order valence-corrected chi connectivity index (χ2v) is 8.07. The Morgan fingerprint density at radius 2 is 2.24 bits per heavy atom. The van der Waals surface area contributed by atoms with E-state index < -0.39 is 10.0 Å². The molecule has 3 rings (SSSR count). The van der Waals surface area contributed by atoms with E-state index in [9.17, 15) is 8.42 Å². The summed E-state index contributed by atoms with van der Waals surface area (Å²) in [5.74, 6) is 0.412. The molecule has 3 heterocycles. The summed E-state index contributed by atoms with van der Waals surface area (Å²) in [6, 6.07) is 0.267. The Morgan fingerprint density at radius 3 is 2.86 bits per heavy atom. The Hall–Kier alpha value is -1.16. The lowest BCUT2D eigenvalue weighted by molar-refractivity contribution is 0.302. The van der Waals surface area contributed by atoms with Crippen molar-refractivity contribution in [3.8, 4) is 0 Å². The monoisotopic (exact) mass is 329 g/mol. The van der Waals surface area contributed by atoms with Crippen LogP contribution in [0.5, 0.6) is 0 Å². The summed E-state index contributed by atoms with van der Waals surface area (Å²) >= 11 is 1.42. The molecule has 1 N–H and O–H groups in total. The van der Waals surface area contributed by atoms with Gasteiger partial charge < -0.3 is 10.2 Å². The zero-order valence-corrected chi connectivity index (χ0v) is 13.9. The number of thiazole rings is 1. The molecule has 2 aromatic rings. The first kappa shape index (κ1) is 14.8. The number of aromatic nitrogens is 2. The lowest BCUT2D eigenvalue weighted by atomic mass is 10.2. The third kappa shape index (κ3) is 2.33. The summed E-state index contributed by atoms with van der Waals surface area (Å²) in [5, 5.41) is 4.97. The van der Waals surface area contributed by atoms with Crippen molar-refractivity contribution in [2.45, 2.75) is 17.5 Å². The van der Waals surface area contributed by atoms with Gasteiger partial charge in [0.2, 0.25) is 0 Å².